The number of benzene rings is 2. The SMILES string of the molecule is C=C(C)/C(=C\C=C/C)c1c(C(=O)O)n(Cc2cc3ccccc3[nH]c2=O)c2cc(F)c(C)cc12. The van der Waals surface area contributed by atoms with Crippen LogP contribution in [0.1, 0.15) is 41.0 Å². The first kappa shape index (κ1) is 23.0. The highest BCUT2D eigenvalue weighted by Gasteiger charge is 2.26. The maximum Gasteiger partial charge on any atom is 0.353 e. The van der Waals surface area contributed by atoms with Gasteiger partial charge >= 0.3 is 5.97 Å². The molecule has 0 saturated heterocycles. The average Bonchev–Trinajstić information content (AvgIpc) is 3.07. The van der Waals surface area contributed by atoms with Crippen LogP contribution >= 0.6 is 0 Å². The Bertz CT molecular complexity index is 1590. The highest BCUT2D eigenvalue weighted by atomic mass is 19.1. The van der Waals surface area contributed by atoms with Gasteiger partial charge in [-0.15, -0.1) is 0 Å². The molecule has 0 saturated carbocycles. The number of nitrogens with one attached hydrogen (secondary N) is 1. The number of carboxylic acids is 1. The zero-order chi connectivity index (χ0) is 24.6. The normalized spacial score (nSPS) is 12.2. The van der Waals surface area contributed by atoms with Crippen molar-refractivity contribution in [1.82, 2.24) is 9.55 Å². The first-order chi connectivity index (χ1) is 16.2. The number of carbonyl (C=O) groups is 1. The lowest BCUT2D eigenvalue weighted by atomic mass is 9.95. The number of H-pyrrole nitrogens is 1. The molecule has 2 N–H and O–H groups in total. The van der Waals surface area contributed by atoms with E-state index in [1.54, 1.807) is 38.1 Å². The van der Waals surface area contributed by atoms with Crippen molar-refractivity contribution < 1.29 is 14.3 Å². The van der Waals surface area contributed by atoms with E-state index in [0.29, 0.717) is 44.3 Å². The number of hydrogen-bond acceptors (Lipinski definition) is 2. The molecule has 2 aromatic carbocycles. The summed E-state index contributed by atoms with van der Waals surface area (Å²) in [5, 5.41) is 11.7. The third-order valence-corrected chi connectivity index (χ3v) is 5.89. The highest BCUT2D eigenvalue weighted by Crippen LogP contribution is 2.37. The Morgan fingerprint density at radius 2 is 1.97 bits per heavy atom. The van der Waals surface area contributed by atoms with Crippen LogP contribution in [0.2, 0.25) is 0 Å². The Balaban J connectivity index is 2.08. The number of aromatic nitrogens is 2. The van der Waals surface area contributed by atoms with Gasteiger partial charge in [0, 0.05) is 22.0 Å². The van der Waals surface area contributed by atoms with Gasteiger partial charge in [-0.3, -0.25) is 4.79 Å². The molecule has 0 aliphatic heterocycles. The minimum Gasteiger partial charge on any atom is -0.477 e. The fourth-order valence-electron chi connectivity index (χ4n) is 4.25. The van der Waals surface area contributed by atoms with E-state index >= 15 is 0 Å². The summed E-state index contributed by atoms with van der Waals surface area (Å²) in [6.45, 7) is 9.31. The lowest BCUT2D eigenvalue weighted by molar-refractivity contribution is 0.0686. The van der Waals surface area contributed by atoms with Crippen molar-refractivity contribution in [2.75, 3.05) is 0 Å². The van der Waals surface area contributed by atoms with Crippen molar-refractivity contribution >= 4 is 33.3 Å². The summed E-state index contributed by atoms with van der Waals surface area (Å²) >= 11 is 0. The first-order valence-corrected chi connectivity index (χ1v) is 10.9. The first-order valence-electron chi connectivity index (χ1n) is 10.9. The number of hydrogen-bond donors (Lipinski definition) is 2. The lowest BCUT2D eigenvalue weighted by Gasteiger charge is -2.11. The van der Waals surface area contributed by atoms with E-state index in [2.05, 4.69) is 11.6 Å². The van der Waals surface area contributed by atoms with Crippen molar-refractivity contribution in [1.29, 1.82) is 0 Å². The summed E-state index contributed by atoms with van der Waals surface area (Å²) in [5.41, 5.74) is 3.28. The second-order valence-corrected chi connectivity index (χ2v) is 8.33. The Morgan fingerprint density at radius 3 is 2.65 bits per heavy atom. The number of aromatic carboxylic acids is 1. The van der Waals surface area contributed by atoms with Crippen LogP contribution in [-0.4, -0.2) is 20.6 Å². The summed E-state index contributed by atoms with van der Waals surface area (Å²) in [6.07, 6.45) is 5.45. The maximum absolute atomic E-state index is 14.7. The monoisotopic (exact) mass is 456 g/mol. The van der Waals surface area contributed by atoms with Gasteiger partial charge in [0.2, 0.25) is 0 Å². The number of fused-ring (bicyclic) bond motifs is 2. The molecule has 0 spiro atoms. The van der Waals surface area contributed by atoms with Gasteiger partial charge in [0.15, 0.2) is 0 Å². The maximum atomic E-state index is 14.7. The smallest absolute Gasteiger partial charge is 0.353 e. The third kappa shape index (κ3) is 3.99. The second-order valence-electron chi connectivity index (χ2n) is 8.33. The summed E-state index contributed by atoms with van der Waals surface area (Å²) < 4.78 is 16.2. The minimum atomic E-state index is -1.17. The summed E-state index contributed by atoms with van der Waals surface area (Å²) in [7, 11) is 0. The van der Waals surface area contributed by atoms with Crippen molar-refractivity contribution in [2.45, 2.75) is 27.3 Å². The van der Waals surface area contributed by atoms with Crippen molar-refractivity contribution in [2.24, 2.45) is 0 Å². The zero-order valence-corrected chi connectivity index (χ0v) is 19.3. The van der Waals surface area contributed by atoms with Crippen molar-refractivity contribution in [3.05, 3.63) is 111 Å². The number of carboxylic acid groups (broad SMARTS) is 1. The molecule has 0 amide bonds. The zero-order valence-electron chi connectivity index (χ0n) is 19.3. The van der Waals surface area contributed by atoms with Gasteiger partial charge in [-0.05, 0) is 61.6 Å². The van der Waals surface area contributed by atoms with Crippen LogP contribution in [0, 0.1) is 12.7 Å². The fraction of sp³-hybridized carbons (Fsp3) is 0.143. The van der Waals surface area contributed by atoms with E-state index < -0.39 is 11.8 Å². The van der Waals surface area contributed by atoms with E-state index in [-0.39, 0.29) is 17.8 Å². The molecule has 0 bridgehead atoms. The van der Waals surface area contributed by atoms with E-state index in [0.717, 1.165) is 5.39 Å². The van der Waals surface area contributed by atoms with Gasteiger partial charge in [-0.1, -0.05) is 48.6 Å². The van der Waals surface area contributed by atoms with E-state index in [1.807, 2.05) is 37.3 Å². The molecule has 0 aliphatic carbocycles. The number of nitrogens with zero attached hydrogens (tertiary/aromatic N) is 1. The predicted molar refractivity (Wildman–Crippen MR) is 135 cm³/mol. The molecule has 4 aromatic rings. The van der Waals surface area contributed by atoms with Crippen LogP contribution in [0.4, 0.5) is 4.39 Å². The number of rotatable bonds is 6. The lowest BCUT2D eigenvalue weighted by Crippen LogP contribution is -2.18. The topological polar surface area (TPSA) is 75.1 Å². The number of para-hydroxylation sites is 1. The third-order valence-electron chi connectivity index (χ3n) is 5.89. The molecular weight excluding hydrogens is 431 g/mol. The van der Waals surface area contributed by atoms with Gasteiger partial charge in [0.1, 0.15) is 11.5 Å². The van der Waals surface area contributed by atoms with Gasteiger partial charge in [0.25, 0.3) is 5.56 Å². The molecule has 2 aromatic heterocycles. The standard InChI is InChI=1S/C28H25FN2O3/c1-5-6-10-20(16(2)3)25-21-12-17(4)22(29)14-24(21)31(26(25)28(33)34)15-19-13-18-9-7-8-11-23(18)30-27(19)32/h5-14H,2,15H2,1,3-4H3,(H,30,32)(H,33,34)/b6-5-,20-10+. The number of allylic oxidation sites excluding steroid dienone is 5. The molecule has 0 aliphatic rings. The quantitative estimate of drug-likeness (QED) is 0.339. The van der Waals surface area contributed by atoms with Gasteiger partial charge in [0.05, 0.1) is 12.1 Å². The molecule has 0 unspecified atom stereocenters. The van der Waals surface area contributed by atoms with Crippen LogP contribution < -0.4 is 5.56 Å². The Morgan fingerprint density at radius 1 is 1.24 bits per heavy atom. The molecule has 5 nitrogen and oxygen atoms in total. The van der Waals surface area contributed by atoms with E-state index in [4.69, 9.17) is 0 Å². The van der Waals surface area contributed by atoms with Crippen LogP contribution in [0.3, 0.4) is 0 Å². The van der Waals surface area contributed by atoms with Crippen LogP contribution in [0.15, 0.2) is 77.6 Å². The minimum absolute atomic E-state index is 0.0219. The van der Waals surface area contributed by atoms with Gasteiger partial charge < -0.3 is 14.7 Å². The molecule has 4 rings (SSSR count). The van der Waals surface area contributed by atoms with Crippen LogP contribution in [-0.2, 0) is 6.54 Å². The van der Waals surface area contributed by atoms with Crippen molar-refractivity contribution in [3.63, 3.8) is 0 Å². The number of halogens is 1. The van der Waals surface area contributed by atoms with E-state index in [9.17, 15) is 19.1 Å². The van der Waals surface area contributed by atoms with Gasteiger partial charge in [-0.2, -0.15) is 0 Å². The predicted octanol–water partition coefficient (Wildman–Crippen LogP) is 6.21. The Kier molecular flexibility index (Phi) is 6.07. The summed E-state index contributed by atoms with van der Waals surface area (Å²) in [4.78, 5) is 28.3. The molecule has 0 fully saturated rings. The number of aromatic amines is 1. The summed E-state index contributed by atoms with van der Waals surface area (Å²) in [6, 6.07) is 12.1. The van der Waals surface area contributed by atoms with Crippen LogP contribution in [0.5, 0.6) is 0 Å². The molecule has 2 heterocycles. The molecule has 172 valence electrons. The summed E-state index contributed by atoms with van der Waals surface area (Å²) in [5.74, 6) is -1.62. The number of aryl methyl sites for hydroxylation is 1. The number of pyridine rings is 1. The van der Waals surface area contributed by atoms with Crippen LogP contribution in [0.25, 0.3) is 27.4 Å². The van der Waals surface area contributed by atoms with Gasteiger partial charge in [-0.25, -0.2) is 9.18 Å². The molecule has 34 heavy (non-hydrogen) atoms. The fourth-order valence-corrected chi connectivity index (χ4v) is 4.25. The van der Waals surface area contributed by atoms with E-state index in [1.165, 1.54) is 10.6 Å². The average molecular weight is 457 g/mol. The molecule has 0 radical (unpaired) electrons. The Hall–Kier alpha value is -4.19. The van der Waals surface area contributed by atoms with Crippen molar-refractivity contribution in [3.8, 4) is 0 Å². The molecular formula is C28H25FN2O3. The highest BCUT2D eigenvalue weighted by molar-refractivity contribution is 6.07. The second kappa shape index (κ2) is 8.98. The molecule has 6 heteroatoms. The Labute approximate surface area is 196 Å². The largest absolute Gasteiger partial charge is 0.477 e. The molecule has 0 atom stereocenters.